The summed E-state index contributed by atoms with van der Waals surface area (Å²) in [5.74, 6) is 1.78. The van der Waals surface area contributed by atoms with Crippen LogP contribution in [0.4, 0.5) is 0 Å². The normalized spacial score (nSPS) is 26.8. The molecule has 1 heterocycles. The number of hydrogen-bond donors (Lipinski definition) is 1. The van der Waals surface area contributed by atoms with Gasteiger partial charge in [0.05, 0.1) is 12.8 Å². The van der Waals surface area contributed by atoms with Gasteiger partial charge in [-0.3, -0.25) is 4.90 Å². The molecule has 1 fully saturated rings. The Morgan fingerprint density at radius 2 is 2.26 bits per heavy atom. The molecule has 3 heteroatoms. The average molecular weight is 264 g/mol. The SMILES string of the molecule is CNC1CCC(C)(C)CC1CN(C)Cc1ccco1. The van der Waals surface area contributed by atoms with E-state index in [-0.39, 0.29) is 0 Å². The lowest BCUT2D eigenvalue weighted by atomic mass is 9.70. The van der Waals surface area contributed by atoms with Crippen LogP contribution >= 0.6 is 0 Å². The second-order valence-electron chi connectivity index (χ2n) is 6.84. The Balaban J connectivity index is 1.91. The maximum absolute atomic E-state index is 5.43. The molecule has 2 unspecified atom stereocenters. The first kappa shape index (κ1) is 14.6. The molecule has 108 valence electrons. The van der Waals surface area contributed by atoms with Gasteiger partial charge in [0, 0.05) is 12.6 Å². The van der Waals surface area contributed by atoms with Crippen LogP contribution in [0.25, 0.3) is 0 Å². The highest BCUT2D eigenvalue weighted by atomic mass is 16.3. The minimum Gasteiger partial charge on any atom is -0.468 e. The van der Waals surface area contributed by atoms with Crippen LogP contribution in [0, 0.1) is 11.3 Å². The molecule has 2 rings (SSSR count). The second-order valence-corrected chi connectivity index (χ2v) is 6.84. The van der Waals surface area contributed by atoms with E-state index in [0.29, 0.717) is 11.5 Å². The molecule has 0 saturated heterocycles. The molecule has 19 heavy (non-hydrogen) atoms. The Morgan fingerprint density at radius 1 is 1.47 bits per heavy atom. The lowest BCUT2D eigenvalue weighted by Gasteiger charge is -2.42. The van der Waals surface area contributed by atoms with E-state index in [4.69, 9.17) is 4.42 Å². The van der Waals surface area contributed by atoms with Crippen LogP contribution in [0.5, 0.6) is 0 Å². The molecule has 0 aliphatic heterocycles. The fourth-order valence-corrected chi connectivity index (χ4v) is 3.44. The van der Waals surface area contributed by atoms with Gasteiger partial charge in [-0.05, 0) is 56.8 Å². The summed E-state index contributed by atoms with van der Waals surface area (Å²) < 4.78 is 5.43. The minimum atomic E-state index is 0.490. The topological polar surface area (TPSA) is 28.4 Å². The molecular weight excluding hydrogens is 236 g/mol. The zero-order valence-corrected chi connectivity index (χ0v) is 12.8. The fraction of sp³-hybridized carbons (Fsp3) is 0.750. The van der Waals surface area contributed by atoms with Crippen LogP contribution in [0.3, 0.4) is 0 Å². The standard InChI is InChI=1S/C16H28N2O/c1-16(2)8-7-15(17-3)13(10-16)11-18(4)12-14-6-5-9-19-14/h5-6,9,13,15,17H,7-8,10-12H2,1-4H3. The van der Waals surface area contributed by atoms with Crippen molar-refractivity contribution in [2.75, 3.05) is 20.6 Å². The third kappa shape index (κ3) is 4.08. The van der Waals surface area contributed by atoms with Crippen molar-refractivity contribution in [1.29, 1.82) is 0 Å². The summed E-state index contributed by atoms with van der Waals surface area (Å²) in [5, 5.41) is 3.51. The van der Waals surface area contributed by atoms with Crippen molar-refractivity contribution in [3.05, 3.63) is 24.2 Å². The number of furan rings is 1. The van der Waals surface area contributed by atoms with Crippen LogP contribution in [0.1, 0.15) is 38.9 Å². The van der Waals surface area contributed by atoms with Gasteiger partial charge in [-0.2, -0.15) is 0 Å². The van der Waals surface area contributed by atoms with Crippen molar-refractivity contribution >= 4 is 0 Å². The van der Waals surface area contributed by atoms with Crippen molar-refractivity contribution in [3.63, 3.8) is 0 Å². The maximum atomic E-state index is 5.43. The Morgan fingerprint density at radius 3 is 2.89 bits per heavy atom. The van der Waals surface area contributed by atoms with Crippen LogP contribution < -0.4 is 5.32 Å². The van der Waals surface area contributed by atoms with Crippen LogP contribution in [0.15, 0.2) is 22.8 Å². The van der Waals surface area contributed by atoms with Gasteiger partial charge in [-0.15, -0.1) is 0 Å². The molecule has 1 aliphatic carbocycles. The van der Waals surface area contributed by atoms with Gasteiger partial charge < -0.3 is 9.73 Å². The summed E-state index contributed by atoms with van der Waals surface area (Å²) in [7, 11) is 4.29. The molecule has 1 aliphatic rings. The van der Waals surface area contributed by atoms with Crippen molar-refractivity contribution in [2.24, 2.45) is 11.3 Å². The highest BCUT2D eigenvalue weighted by molar-refractivity contribution is 4.98. The molecule has 0 aromatic carbocycles. The van der Waals surface area contributed by atoms with Gasteiger partial charge in [0.1, 0.15) is 5.76 Å². The van der Waals surface area contributed by atoms with Crippen molar-refractivity contribution < 1.29 is 4.42 Å². The monoisotopic (exact) mass is 264 g/mol. The molecule has 1 saturated carbocycles. The highest BCUT2D eigenvalue weighted by Crippen LogP contribution is 2.38. The van der Waals surface area contributed by atoms with E-state index in [9.17, 15) is 0 Å². The van der Waals surface area contributed by atoms with Crippen molar-refractivity contribution in [3.8, 4) is 0 Å². The largest absolute Gasteiger partial charge is 0.468 e. The van der Waals surface area contributed by atoms with Gasteiger partial charge >= 0.3 is 0 Å². The van der Waals surface area contributed by atoms with Crippen LogP contribution in [-0.4, -0.2) is 31.6 Å². The number of hydrogen-bond acceptors (Lipinski definition) is 3. The maximum Gasteiger partial charge on any atom is 0.117 e. The molecule has 3 nitrogen and oxygen atoms in total. The lowest BCUT2D eigenvalue weighted by Crippen LogP contribution is -2.45. The molecule has 0 bridgehead atoms. The number of rotatable bonds is 5. The lowest BCUT2D eigenvalue weighted by molar-refractivity contribution is 0.108. The molecule has 2 atom stereocenters. The third-order valence-corrected chi connectivity index (χ3v) is 4.44. The van der Waals surface area contributed by atoms with Gasteiger partial charge in [-0.1, -0.05) is 13.8 Å². The van der Waals surface area contributed by atoms with Crippen molar-refractivity contribution in [2.45, 2.75) is 45.7 Å². The van der Waals surface area contributed by atoms with Gasteiger partial charge in [0.25, 0.3) is 0 Å². The van der Waals surface area contributed by atoms with E-state index < -0.39 is 0 Å². The zero-order chi connectivity index (χ0) is 13.9. The summed E-state index contributed by atoms with van der Waals surface area (Å²) in [6.07, 6.45) is 5.68. The molecule has 1 aromatic heterocycles. The molecule has 0 spiro atoms. The van der Waals surface area contributed by atoms with E-state index in [1.807, 2.05) is 6.07 Å². The summed E-state index contributed by atoms with van der Waals surface area (Å²) in [5.41, 5.74) is 0.490. The molecule has 1 N–H and O–H groups in total. The molecule has 1 aromatic rings. The smallest absolute Gasteiger partial charge is 0.117 e. The molecular formula is C16H28N2O. The Kier molecular flexibility index (Phi) is 4.69. The number of nitrogens with one attached hydrogen (secondary N) is 1. The molecule has 0 amide bonds. The predicted molar refractivity (Wildman–Crippen MR) is 79.0 cm³/mol. The minimum absolute atomic E-state index is 0.490. The van der Waals surface area contributed by atoms with Gasteiger partial charge in [-0.25, -0.2) is 0 Å². The van der Waals surface area contributed by atoms with E-state index in [1.54, 1.807) is 6.26 Å². The highest BCUT2D eigenvalue weighted by Gasteiger charge is 2.34. The Labute approximate surface area is 117 Å². The van der Waals surface area contributed by atoms with Gasteiger partial charge in [0.2, 0.25) is 0 Å². The second kappa shape index (κ2) is 6.10. The first-order valence-corrected chi connectivity index (χ1v) is 7.38. The zero-order valence-electron chi connectivity index (χ0n) is 12.8. The predicted octanol–water partition coefficient (Wildman–Crippen LogP) is 3.13. The summed E-state index contributed by atoms with van der Waals surface area (Å²) in [4.78, 5) is 2.38. The average Bonchev–Trinajstić information content (AvgIpc) is 2.81. The third-order valence-electron chi connectivity index (χ3n) is 4.44. The fourth-order valence-electron chi connectivity index (χ4n) is 3.44. The van der Waals surface area contributed by atoms with Crippen molar-refractivity contribution in [1.82, 2.24) is 10.2 Å². The van der Waals surface area contributed by atoms with Crippen LogP contribution in [-0.2, 0) is 6.54 Å². The van der Waals surface area contributed by atoms with E-state index in [2.05, 4.69) is 44.2 Å². The van der Waals surface area contributed by atoms with Gasteiger partial charge in [0.15, 0.2) is 0 Å². The Hall–Kier alpha value is -0.800. The van der Waals surface area contributed by atoms with E-state index in [0.717, 1.165) is 24.8 Å². The van der Waals surface area contributed by atoms with E-state index >= 15 is 0 Å². The van der Waals surface area contributed by atoms with E-state index in [1.165, 1.54) is 19.3 Å². The quantitative estimate of drug-likeness (QED) is 0.885. The van der Waals surface area contributed by atoms with Crippen LogP contribution in [0.2, 0.25) is 0 Å². The summed E-state index contributed by atoms with van der Waals surface area (Å²) in [6, 6.07) is 4.67. The molecule has 0 radical (unpaired) electrons. The number of nitrogens with zero attached hydrogens (tertiary/aromatic N) is 1. The Bertz CT molecular complexity index is 372. The summed E-state index contributed by atoms with van der Waals surface area (Å²) in [6.45, 7) is 6.84. The summed E-state index contributed by atoms with van der Waals surface area (Å²) >= 11 is 0. The first-order valence-electron chi connectivity index (χ1n) is 7.38. The first-order chi connectivity index (χ1) is 9.00.